The topological polar surface area (TPSA) is 72.7 Å². The average molecular weight is 161 g/mol. The molecule has 0 aromatic carbocycles. The van der Waals surface area contributed by atoms with Crippen LogP contribution in [-0.2, 0) is 0 Å². The molecule has 1 heterocycles. The van der Waals surface area contributed by atoms with Gasteiger partial charge in [0.25, 0.3) is 0 Å². The summed E-state index contributed by atoms with van der Waals surface area (Å²) in [5.74, 6) is 0. The van der Waals surface area contributed by atoms with Crippen molar-refractivity contribution in [1.82, 2.24) is 5.32 Å². The van der Waals surface area contributed by atoms with Gasteiger partial charge in [-0.3, -0.25) is 0 Å². The van der Waals surface area contributed by atoms with E-state index in [1.807, 2.05) is 6.92 Å². The summed E-state index contributed by atoms with van der Waals surface area (Å²) in [5.41, 5.74) is 0. The quantitative estimate of drug-likeness (QED) is 0.376. The average Bonchev–Trinajstić information content (AvgIpc) is 2.01. The van der Waals surface area contributed by atoms with Gasteiger partial charge in [-0.2, -0.15) is 0 Å². The first kappa shape index (κ1) is 8.93. The zero-order valence-electron chi connectivity index (χ0n) is 6.57. The van der Waals surface area contributed by atoms with Gasteiger partial charge in [-0.15, -0.1) is 0 Å². The summed E-state index contributed by atoms with van der Waals surface area (Å²) < 4.78 is 0. The number of hydrogen-bond acceptors (Lipinski definition) is 4. The molecule has 0 saturated carbocycles. The number of aliphatic hydroxyl groups is 3. The molecule has 1 unspecified atom stereocenters. The molecule has 4 atom stereocenters. The molecule has 4 heteroatoms. The van der Waals surface area contributed by atoms with Gasteiger partial charge in [-0.25, -0.2) is 0 Å². The Balaban J connectivity index is 2.52. The van der Waals surface area contributed by atoms with E-state index in [0.29, 0.717) is 6.54 Å². The molecule has 0 aromatic heterocycles. The van der Waals surface area contributed by atoms with Gasteiger partial charge in [0, 0.05) is 12.6 Å². The minimum Gasteiger partial charge on any atom is -0.389 e. The molecule has 11 heavy (non-hydrogen) atoms. The summed E-state index contributed by atoms with van der Waals surface area (Å²) in [5, 5.41) is 30.6. The number of β-amino-alcohol motifs (C(OH)–C–C–N with tert-alkyl or cyclic N) is 1. The van der Waals surface area contributed by atoms with Gasteiger partial charge >= 0.3 is 0 Å². The molecule has 1 aliphatic heterocycles. The first-order chi connectivity index (χ1) is 5.16. The molecule has 0 aromatic rings. The second-order valence-electron chi connectivity index (χ2n) is 2.97. The highest BCUT2D eigenvalue weighted by Crippen LogP contribution is 2.12. The number of rotatable bonds is 1. The molecule has 4 N–H and O–H groups in total. The van der Waals surface area contributed by atoms with Crippen LogP contribution in [0.4, 0.5) is 0 Å². The predicted molar refractivity (Wildman–Crippen MR) is 40.1 cm³/mol. The van der Waals surface area contributed by atoms with Crippen molar-refractivity contribution in [3.05, 3.63) is 0 Å². The molecule has 1 aliphatic rings. The summed E-state index contributed by atoms with van der Waals surface area (Å²) in [6.07, 6.45) is -1.93. The SMILES string of the molecule is CC[C@H]1NCC(O)[C@@H](O)[C@@H]1O. The lowest BCUT2D eigenvalue weighted by Gasteiger charge is -2.35. The molecule has 0 amide bonds. The third-order valence-electron chi connectivity index (χ3n) is 2.19. The third-order valence-corrected chi connectivity index (χ3v) is 2.19. The molecule has 1 rings (SSSR count). The zero-order valence-corrected chi connectivity index (χ0v) is 6.57. The second-order valence-corrected chi connectivity index (χ2v) is 2.97. The molecule has 0 spiro atoms. The van der Waals surface area contributed by atoms with Gasteiger partial charge in [-0.05, 0) is 6.42 Å². The molecular formula is C7H15NO3. The van der Waals surface area contributed by atoms with Crippen LogP contribution >= 0.6 is 0 Å². The number of nitrogens with one attached hydrogen (secondary N) is 1. The van der Waals surface area contributed by atoms with Gasteiger partial charge in [-0.1, -0.05) is 6.92 Å². The van der Waals surface area contributed by atoms with Crippen molar-refractivity contribution in [1.29, 1.82) is 0 Å². The van der Waals surface area contributed by atoms with Crippen molar-refractivity contribution >= 4 is 0 Å². The van der Waals surface area contributed by atoms with Crippen LogP contribution in [0.25, 0.3) is 0 Å². The number of aliphatic hydroxyl groups excluding tert-OH is 3. The Morgan fingerprint density at radius 3 is 2.45 bits per heavy atom. The van der Waals surface area contributed by atoms with Crippen LogP contribution in [0.1, 0.15) is 13.3 Å². The van der Waals surface area contributed by atoms with Gasteiger partial charge < -0.3 is 20.6 Å². The first-order valence-electron chi connectivity index (χ1n) is 3.94. The molecule has 1 saturated heterocycles. The van der Waals surface area contributed by atoms with Gasteiger partial charge in [0.1, 0.15) is 6.10 Å². The molecule has 0 radical (unpaired) electrons. The largest absolute Gasteiger partial charge is 0.389 e. The van der Waals surface area contributed by atoms with Crippen molar-refractivity contribution in [3.8, 4) is 0 Å². The van der Waals surface area contributed by atoms with E-state index in [1.165, 1.54) is 0 Å². The van der Waals surface area contributed by atoms with Crippen LogP contribution in [0.5, 0.6) is 0 Å². The highest BCUT2D eigenvalue weighted by atomic mass is 16.4. The van der Waals surface area contributed by atoms with Crippen LogP contribution in [-0.4, -0.2) is 46.2 Å². The molecule has 0 aliphatic carbocycles. The standard InChI is InChI=1S/C7H15NO3/c1-2-4-6(10)7(11)5(9)3-8-4/h4-11H,2-3H2,1H3/t4-,5?,6-,7-/m1/s1. The number of hydrogen-bond donors (Lipinski definition) is 4. The van der Waals surface area contributed by atoms with Crippen molar-refractivity contribution in [2.24, 2.45) is 0 Å². The highest BCUT2D eigenvalue weighted by Gasteiger charge is 2.34. The molecule has 4 nitrogen and oxygen atoms in total. The van der Waals surface area contributed by atoms with Crippen molar-refractivity contribution in [2.45, 2.75) is 37.7 Å². The monoisotopic (exact) mass is 161 g/mol. The Kier molecular flexibility index (Phi) is 2.84. The summed E-state index contributed by atoms with van der Waals surface area (Å²) in [6, 6.07) is -0.0894. The van der Waals surface area contributed by atoms with Gasteiger partial charge in [0.15, 0.2) is 0 Å². The zero-order chi connectivity index (χ0) is 8.43. The van der Waals surface area contributed by atoms with Gasteiger partial charge in [0.2, 0.25) is 0 Å². The Morgan fingerprint density at radius 1 is 1.27 bits per heavy atom. The minimum absolute atomic E-state index is 0.0894. The molecule has 1 fully saturated rings. The normalized spacial score (nSPS) is 45.8. The Labute approximate surface area is 65.9 Å². The van der Waals surface area contributed by atoms with E-state index < -0.39 is 18.3 Å². The smallest absolute Gasteiger partial charge is 0.108 e. The Bertz CT molecular complexity index is 129. The fourth-order valence-corrected chi connectivity index (χ4v) is 1.37. The lowest BCUT2D eigenvalue weighted by molar-refractivity contribution is -0.0943. The van der Waals surface area contributed by atoms with E-state index in [1.54, 1.807) is 0 Å². The van der Waals surface area contributed by atoms with Crippen molar-refractivity contribution in [3.63, 3.8) is 0 Å². The maximum absolute atomic E-state index is 9.34. The van der Waals surface area contributed by atoms with Crippen LogP contribution in [0.15, 0.2) is 0 Å². The summed E-state index contributed by atoms with van der Waals surface area (Å²) in [7, 11) is 0. The van der Waals surface area contributed by atoms with E-state index in [2.05, 4.69) is 5.32 Å². The van der Waals surface area contributed by atoms with Crippen LogP contribution < -0.4 is 5.32 Å². The van der Waals surface area contributed by atoms with Crippen LogP contribution in [0.2, 0.25) is 0 Å². The fraction of sp³-hybridized carbons (Fsp3) is 1.00. The molecule has 66 valence electrons. The fourth-order valence-electron chi connectivity index (χ4n) is 1.37. The van der Waals surface area contributed by atoms with Crippen LogP contribution in [0, 0.1) is 0 Å². The molecule has 0 bridgehead atoms. The maximum Gasteiger partial charge on any atom is 0.108 e. The van der Waals surface area contributed by atoms with E-state index >= 15 is 0 Å². The Morgan fingerprint density at radius 2 is 1.91 bits per heavy atom. The highest BCUT2D eigenvalue weighted by molar-refractivity contribution is 4.91. The van der Waals surface area contributed by atoms with Crippen molar-refractivity contribution < 1.29 is 15.3 Å². The lowest BCUT2D eigenvalue weighted by Crippen LogP contribution is -2.59. The van der Waals surface area contributed by atoms with E-state index in [9.17, 15) is 10.2 Å². The molecular weight excluding hydrogens is 146 g/mol. The van der Waals surface area contributed by atoms with Crippen LogP contribution in [0.3, 0.4) is 0 Å². The first-order valence-corrected chi connectivity index (χ1v) is 3.94. The summed E-state index contributed by atoms with van der Waals surface area (Å²) in [4.78, 5) is 0. The maximum atomic E-state index is 9.34. The predicted octanol–water partition coefficient (Wildman–Crippen LogP) is -1.55. The van der Waals surface area contributed by atoms with Crippen molar-refractivity contribution in [2.75, 3.05) is 6.54 Å². The third kappa shape index (κ3) is 1.70. The van der Waals surface area contributed by atoms with E-state index in [0.717, 1.165) is 6.42 Å². The minimum atomic E-state index is -0.999. The second kappa shape index (κ2) is 3.49. The Hall–Kier alpha value is -0.160. The van der Waals surface area contributed by atoms with E-state index in [4.69, 9.17) is 5.11 Å². The summed E-state index contributed by atoms with van der Waals surface area (Å²) >= 11 is 0. The number of piperidine rings is 1. The van der Waals surface area contributed by atoms with Gasteiger partial charge in [0.05, 0.1) is 12.2 Å². The van der Waals surface area contributed by atoms with E-state index in [-0.39, 0.29) is 6.04 Å². The summed E-state index contributed by atoms with van der Waals surface area (Å²) in [6.45, 7) is 2.28. The lowest BCUT2D eigenvalue weighted by atomic mass is 9.95.